The average Bonchev–Trinajstić information content (AvgIpc) is 3.20. The van der Waals surface area contributed by atoms with Crippen LogP contribution in [0.25, 0.3) is 11.4 Å². The lowest BCUT2D eigenvalue weighted by Crippen LogP contribution is -2.49. The van der Waals surface area contributed by atoms with Crippen LogP contribution in [0.5, 0.6) is 0 Å². The largest absolute Gasteiger partial charge is 0.337 e. The van der Waals surface area contributed by atoms with Crippen molar-refractivity contribution in [2.75, 3.05) is 5.75 Å². The van der Waals surface area contributed by atoms with Crippen molar-refractivity contribution in [1.82, 2.24) is 20.1 Å². The molecular formula is C24H26BrN5OS. The molecule has 0 unspecified atom stereocenters. The number of hydrogen-bond donors (Lipinski definition) is 1. The van der Waals surface area contributed by atoms with Crippen LogP contribution in [0.1, 0.15) is 26.3 Å². The number of carbonyl (C=O) groups excluding carboxylic acids is 1. The zero-order valence-electron chi connectivity index (χ0n) is 18.4. The van der Waals surface area contributed by atoms with Crippen molar-refractivity contribution in [3.05, 3.63) is 64.6 Å². The molecule has 1 N–H and O–H groups in total. The van der Waals surface area contributed by atoms with Gasteiger partial charge in [0.2, 0.25) is 5.91 Å². The molecule has 0 saturated carbocycles. The monoisotopic (exact) mass is 511 g/mol. The summed E-state index contributed by atoms with van der Waals surface area (Å²) in [7, 11) is 0. The molecule has 3 rings (SSSR count). The number of aryl methyl sites for hydroxylation is 1. The third-order valence-corrected chi connectivity index (χ3v) is 6.90. The summed E-state index contributed by atoms with van der Waals surface area (Å²) in [6.45, 7) is 6.27. The first kappa shape index (κ1) is 24.0. The number of nitriles is 1. The van der Waals surface area contributed by atoms with Gasteiger partial charge in [-0.3, -0.25) is 4.79 Å². The first-order valence-electron chi connectivity index (χ1n) is 10.4. The molecule has 0 saturated heterocycles. The number of aromatic nitrogens is 3. The lowest BCUT2D eigenvalue weighted by atomic mass is 9.90. The number of benzene rings is 2. The average molecular weight is 512 g/mol. The van der Waals surface area contributed by atoms with E-state index in [1.807, 2.05) is 56.3 Å². The Morgan fingerprint density at radius 1 is 1.19 bits per heavy atom. The van der Waals surface area contributed by atoms with Gasteiger partial charge in [-0.2, -0.15) is 5.26 Å². The Hall–Kier alpha value is -2.63. The van der Waals surface area contributed by atoms with E-state index in [1.165, 1.54) is 17.3 Å². The van der Waals surface area contributed by atoms with Gasteiger partial charge in [-0.15, -0.1) is 10.2 Å². The molecule has 1 heterocycles. The van der Waals surface area contributed by atoms with Gasteiger partial charge < -0.3 is 9.88 Å². The Labute approximate surface area is 201 Å². The van der Waals surface area contributed by atoms with Crippen LogP contribution < -0.4 is 5.32 Å². The maximum absolute atomic E-state index is 12.6. The molecule has 0 fully saturated rings. The van der Waals surface area contributed by atoms with Gasteiger partial charge in [0.05, 0.1) is 11.8 Å². The highest BCUT2D eigenvalue weighted by atomic mass is 79.9. The van der Waals surface area contributed by atoms with Gasteiger partial charge in [-0.05, 0) is 37.0 Å². The fourth-order valence-electron chi connectivity index (χ4n) is 3.05. The molecule has 2 aromatic carbocycles. The van der Waals surface area contributed by atoms with Crippen LogP contribution in [0.15, 0.2) is 64.2 Å². The van der Waals surface area contributed by atoms with Crippen molar-refractivity contribution in [3.63, 3.8) is 0 Å². The summed E-state index contributed by atoms with van der Waals surface area (Å²) < 4.78 is 3.05. The van der Waals surface area contributed by atoms with E-state index in [9.17, 15) is 10.1 Å². The van der Waals surface area contributed by atoms with E-state index in [2.05, 4.69) is 54.2 Å². The Balaban J connectivity index is 1.79. The van der Waals surface area contributed by atoms with Gasteiger partial charge in [0.1, 0.15) is 5.54 Å². The van der Waals surface area contributed by atoms with Crippen LogP contribution in [0.3, 0.4) is 0 Å². The third-order valence-electron chi connectivity index (χ3n) is 5.40. The van der Waals surface area contributed by atoms with E-state index in [0.29, 0.717) is 11.7 Å². The lowest BCUT2D eigenvalue weighted by Gasteiger charge is -2.27. The van der Waals surface area contributed by atoms with Crippen LogP contribution in [-0.2, 0) is 17.8 Å². The Morgan fingerprint density at radius 3 is 2.50 bits per heavy atom. The van der Waals surface area contributed by atoms with Gasteiger partial charge in [0, 0.05) is 16.6 Å². The van der Waals surface area contributed by atoms with Crippen LogP contribution in [0, 0.1) is 17.2 Å². The van der Waals surface area contributed by atoms with Crippen LogP contribution in [-0.4, -0.2) is 32.0 Å². The van der Waals surface area contributed by atoms with Crippen LogP contribution in [0.2, 0.25) is 0 Å². The van der Waals surface area contributed by atoms with Crippen molar-refractivity contribution in [3.8, 4) is 17.5 Å². The molecule has 1 atom stereocenters. The zero-order chi connectivity index (χ0) is 23.1. The van der Waals surface area contributed by atoms with Gasteiger partial charge in [0.25, 0.3) is 0 Å². The second-order valence-electron chi connectivity index (χ2n) is 8.01. The molecule has 1 aromatic heterocycles. The maximum atomic E-state index is 12.6. The number of halogens is 1. The fourth-order valence-corrected chi connectivity index (χ4v) is 4.08. The normalized spacial score (nSPS) is 12.9. The molecule has 0 radical (unpaired) electrons. The zero-order valence-corrected chi connectivity index (χ0v) is 20.8. The molecular weight excluding hydrogens is 486 g/mol. The first-order valence-corrected chi connectivity index (χ1v) is 12.2. The molecule has 1 amide bonds. The lowest BCUT2D eigenvalue weighted by molar-refractivity contribution is -0.120. The van der Waals surface area contributed by atoms with E-state index in [-0.39, 0.29) is 17.6 Å². The molecule has 166 valence electrons. The van der Waals surface area contributed by atoms with Crippen molar-refractivity contribution >= 4 is 33.6 Å². The molecule has 6 nitrogen and oxygen atoms in total. The fraction of sp³-hybridized carbons (Fsp3) is 0.333. The van der Waals surface area contributed by atoms with Crippen LogP contribution >= 0.6 is 27.7 Å². The van der Waals surface area contributed by atoms with E-state index in [4.69, 9.17) is 0 Å². The molecule has 32 heavy (non-hydrogen) atoms. The number of thioether (sulfide) groups is 1. The molecule has 0 bridgehead atoms. The van der Waals surface area contributed by atoms with E-state index in [1.54, 1.807) is 6.92 Å². The summed E-state index contributed by atoms with van der Waals surface area (Å²) >= 11 is 4.80. The summed E-state index contributed by atoms with van der Waals surface area (Å²) in [5.41, 5.74) is 1.28. The van der Waals surface area contributed by atoms with Crippen molar-refractivity contribution in [2.24, 2.45) is 5.92 Å². The Kier molecular flexibility index (Phi) is 8.10. The summed E-state index contributed by atoms with van der Waals surface area (Å²) in [5, 5.41) is 21.8. The molecule has 0 aliphatic heterocycles. The van der Waals surface area contributed by atoms with Crippen LogP contribution in [0.4, 0.5) is 0 Å². The second-order valence-corrected chi connectivity index (χ2v) is 9.86. The summed E-state index contributed by atoms with van der Waals surface area (Å²) in [6, 6.07) is 20.4. The Morgan fingerprint density at radius 2 is 1.88 bits per heavy atom. The first-order chi connectivity index (χ1) is 15.3. The number of nitrogens with zero attached hydrogens (tertiary/aromatic N) is 4. The number of carbonyl (C=O) groups is 1. The van der Waals surface area contributed by atoms with Gasteiger partial charge in [-0.25, -0.2) is 0 Å². The minimum absolute atomic E-state index is 0.0000161. The maximum Gasteiger partial charge on any atom is 0.231 e. The highest BCUT2D eigenvalue weighted by Gasteiger charge is 2.30. The van der Waals surface area contributed by atoms with E-state index in [0.717, 1.165) is 22.3 Å². The van der Waals surface area contributed by atoms with Crippen molar-refractivity contribution in [1.29, 1.82) is 5.26 Å². The van der Waals surface area contributed by atoms with Gasteiger partial charge in [0.15, 0.2) is 11.0 Å². The number of nitrogens with one attached hydrogen (secondary N) is 1. The summed E-state index contributed by atoms with van der Waals surface area (Å²) in [4.78, 5) is 12.6. The molecule has 0 aliphatic rings. The summed E-state index contributed by atoms with van der Waals surface area (Å²) in [6.07, 6.45) is 0.821. The smallest absolute Gasteiger partial charge is 0.231 e. The minimum Gasteiger partial charge on any atom is -0.337 e. The topological polar surface area (TPSA) is 83.6 Å². The Bertz CT molecular complexity index is 1090. The number of amides is 1. The predicted molar refractivity (Wildman–Crippen MR) is 131 cm³/mol. The molecule has 0 aliphatic carbocycles. The minimum atomic E-state index is -0.902. The number of hydrogen-bond acceptors (Lipinski definition) is 5. The summed E-state index contributed by atoms with van der Waals surface area (Å²) in [5.74, 6) is 0.726. The van der Waals surface area contributed by atoms with E-state index >= 15 is 0 Å². The number of rotatable bonds is 9. The van der Waals surface area contributed by atoms with E-state index < -0.39 is 5.54 Å². The molecule has 3 aromatic rings. The van der Waals surface area contributed by atoms with Crippen molar-refractivity contribution in [2.45, 2.75) is 44.4 Å². The van der Waals surface area contributed by atoms with Crippen molar-refractivity contribution < 1.29 is 4.79 Å². The van der Waals surface area contributed by atoms with Gasteiger partial charge in [-0.1, -0.05) is 84.0 Å². The highest BCUT2D eigenvalue weighted by Crippen LogP contribution is 2.26. The highest BCUT2D eigenvalue weighted by molar-refractivity contribution is 9.10. The third kappa shape index (κ3) is 5.99. The quantitative estimate of drug-likeness (QED) is 0.404. The second kappa shape index (κ2) is 10.8. The van der Waals surface area contributed by atoms with Gasteiger partial charge >= 0.3 is 0 Å². The molecule has 8 heteroatoms. The molecule has 0 spiro atoms. The SMILES string of the molecule is CC(C)[C@](C)(C#N)NC(=O)CSc1nnc(-c2ccc(Br)cc2)n1CCc1ccccc1. The standard InChI is InChI=1S/C24H26BrN5OS/c1-17(2)24(3,16-26)27-21(31)15-32-23-29-28-22(19-9-11-20(25)12-10-19)30(23)14-13-18-7-5-4-6-8-18/h4-12,17H,13-15H2,1-3H3,(H,27,31)/t24-/m0/s1. The predicted octanol–water partition coefficient (Wildman–Crippen LogP) is 5.10.